The smallest absolute Gasteiger partial charge is 0.196 e. The molecular weight excluding hydrogens is 272 g/mol. The van der Waals surface area contributed by atoms with Crippen LogP contribution in [0.4, 0.5) is 29.1 Å². The summed E-state index contributed by atoms with van der Waals surface area (Å²) >= 11 is 5.48. The van der Waals surface area contributed by atoms with Gasteiger partial charge < -0.3 is 5.32 Å². The number of nitrogens with zero attached hydrogens (tertiary/aromatic N) is 1. The highest BCUT2D eigenvalue weighted by atomic mass is 35.5. The van der Waals surface area contributed by atoms with E-state index >= 15 is 0 Å². The first-order valence-corrected chi connectivity index (χ1v) is 5.08. The number of benzene rings is 1. The van der Waals surface area contributed by atoms with Crippen molar-refractivity contribution in [1.82, 2.24) is 4.98 Å². The summed E-state index contributed by atoms with van der Waals surface area (Å²) in [5.74, 6) is -5.61. The van der Waals surface area contributed by atoms with E-state index in [1.165, 1.54) is 0 Å². The van der Waals surface area contributed by atoms with Gasteiger partial charge in [0.2, 0.25) is 0 Å². The predicted octanol–water partition coefficient (Wildman–Crippen LogP) is 4.04. The number of anilines is 2. The number of hydrogen-bond donors (Lipinski definition) is 1. The number of aromatic nitrogens is 1. The molecule has 0 atom stereocenters. The molecule has 1 N–H and O–H groups in total. The van der Waals surface area contributed by atoms with Crippen LogP contribution in [0.2, 0.25) is 5.02 Å². The molecule has 2 aromatic rings. The lowest BCUT2D eigenvalue weighted by molar-refractivity contribution is 0.449. The molecule has 18 heavy (non-hydrogen) atoms. The van der Waals surface area contributed by atoms with E-state index in [1.807, 2.05) is 0 Å². The van der Waals surface area contributed by atoms with E-state index in [-0.39, 0.29) is 10.8 Å². The molecule has 0 spiro atoms. The van der Waals surface area contributed by atoms with E-state index < -0.39 is 29.0 Å². The average molecular weight is 277 g/mol. The maximum absolute atomic E-state index is 13.3. The van der Waals surface area contributed by atoms with Crippen LogP contribution >= 0.6 is 11.6 Å². The van der Waals surface area contributed by atoms with E-state index in [0.717, 1.165) is 18.3 Å². The third-order valence-corrected chi connectivity index (χ3v) is 2.30. The van der Waals surface area contributed by atoms with Gasteiger partial charge in [-0.1, -0.05) is 11.6 Å². The van der Waals surface area contributed by atoms with Crippen molar-refractivity contribution in [3.05, 3.63) is 52.7 Å². The summed E-state index contributed by atoms with van der Waals surface area (Å²) in [7, 11) is 0. The molecule has 0 unspecified atom stereocenters. The Morgan fingerprint density at radius 1 is 1.00 bits per heavy atom. The van der Waals surface area contributed by atoms with Crippen molar-refractivity contribution in [2.75, 3.05) is 5.32 Å². The Morgan fingerprint density at radius 3 is 2.39 bits per heavy atom. The third-order valence-electron chi connectivity index (χ3n) is 2.10. The van der Waals surface area contributed by atoms with Crippen molar-refractivity contribution in [3.63, 3.8) is 0 Å². The molecule has 0 aliphatic heterocycles. The van der Waals surface area contributed by atoms with Crippen molar-refractivity contribution < 1.29 is 17.6 Å². The molecule has 0 aliphatic carbocycles. The third kappa shape index (κ3) is 2.38. The summed E-state index contributed by atoms with van der Waals surface area (Å²) in [6.45, 7) is 0. The Morgan fingerprint density at radius 2 is 1.72 bits per heavy atom. The molecule has 94 valence electrons. The minimum absolute atomic E-state index is 0.0591. The topological polar surface area (TPSA) is 24.9 Å². The van der Waals surface area contributed by atoms with Gasteiger partial charge in [-0.05, 0) is 18.2 Å². The predicted molar refractivity (Wildman–Crippen MR) is 58.8 cm³/mol. The lowest BCUT2D eigenvalue weighted by atomic mass is 10.2. The molecule has 0 saturated carbocycles. The number of rotatable bonds is 2. The van der Waals surface area contributed by atoms with E-state index in [0.29, 0.717) is 6.07 Å². The van der Waals surface area contributed by atoms with Gasteiger partial charge in [-0.15, -0.1) is 0 Å². The zero-order valence-electron chi connectivity index (χ0n) is 8.65. The maximum atomic E-state index is 13.3. The minimum atomic E-state index is -1.64. The van der Waals surface area contributed by atoms with E-state index in [1.54, 1.807) is 0 Å². The van der Waals surface area contributed by atoms with Gasteiger partial charge in [-0.3, -0.25) is 0 Å². The second kappa shape index (κ2) is 4.81. The number of halogens is 5. The monoisotopic (exact) mass is 276 g/mol. The van der Waals surface area contributed by atoms with Gasteiger partial charge in [-0.2, -0.15) is 0 Å². The van der Waals surface area contributed by atoms with Crippen LogP contribution in [0.25, 0.3) is 0 Å². The van der Waals surface area contributed by atoms with Crippen LogP contribution in [0.5, 0.6) is 0 Å². The fourth-order valence-corrected chi connectivity index (χ4v) is 1.40. The van der Waals surface area contributed by atoms with Gasteiger partial charge in [-0.25, -0.2) is 22.5 Å². The molecule has 0 fully saturated rings. The molecule has 2 rings (SSSR count). The molecule has 1 aromatic carbocycles. The van der Waals surface area contributed by atoms with E-state index in [2.05, 4.69) is 10.3 Å². The van der Waals surface area contributed by atoms with Crippen LogP contribution in [0.1, 0.15) is 0 Å². The van der Waals surface area contributed by atoms with Crippen molar-refractivity contribution in [3.8, 4) is 0 Å². The number of pyridine rings is 1. The van der Waals surface area contributed by atoms with Gasteiger partial charge in [0.15, 0.2) is 29.1 Å². The van der Waals surface area contributed by atoms with Crippen molar-refractivity contribution in [2.45, 2.75) is 0 Å². The second-order valence-electron chi connectivity index (χ2n) is 3.33. The van der Waals surface area contributed by atoms with Crippen LogP contribution in [0, 0.1) is 23.3 Å². The molecule has 0 radical (unpaired) electrons. The minimum Gasteiger partial charge on any atom is -0.335 e. The Balaban J connectivity index is 2.37. The molecule has 0 aliphatic rings. The molecule has 0 amide bonds. The molecule has 7 heteroatoms. The van der Waals surface area contributed by atoms with Gasteiger partial charge in [0.1, 0.15) is 0 Å². The first-order valence-electron chi connectivity index (χ1n) is 4.70. The molecule has 1 aromatic heterocycles. The van der Waals surface area contributed by atoms with Crippen LogP contribution in [-0.4, -0.2) is 4.98 Å². The Bertz CT molecular complexity index is 604. The lowest BCUT2D eigenvalue weighted by Gasteiger charge is -2.08. The molecule has 2 nitrogen and oxygen atoms in total. The zero-order chi connectivity index (χ0) is 13.3. The summed E-state index contributed by atoms with van der Waals surface area (Å²) in [5, 5.41) is 2.27. The van der Waals surface area contributed by atoms with Crippen molar-refractivity contribution >= 4 is 23.1 Å². The highest BCUT2D eigenvalue weighted by molar-refractivity contribution is 6.30. The van der Waals surface area contributed by atoms with Gasteiger partial charge in [0.05, 0.1) is 10.7 Å². The lowest BCUT2D eigenvalue weighted by Crippen LogP contribution is -2.02. The summed E-state index contributed by atoms with van der Waals surface area (Å²) in [4.78, 5) is 3.57. The maximum Gasteiger partial charge on any atom is 0.196 e. The first-order chi connectivity index (χ1) is 8.49. The van der Waals surface area contributed by atoms with Gasteiger partial charge in [0, 0.05) is 6.20 Å². The standard InChI is InChI=1S/C11H5ClF4N2/c12-5-3-7(14)11(17-4-5)18-8-2-1-6(13)9(15)10(8)16/h1-4H,(H,17,18). The number of hydrogen-bond acceptors (Lipinski definition) is 2. The molecule has 0 bridgehead atoms. The van der Waals surface area contributed by atoms with Crippen molar-refractivity contribution in [1.29, 1.82) is 0 Å². The van der Waals surface area contributed by atoms with Crippen molar-refractivity contribution in [2.24, 2.45) is 0 Å². The SMILES string of the molecule is Fc1cc(Cl)cnc1Nc1ccc(F)c(F)c1F. The highest BCUT2D eigenvalue weighted by Gasteiger charge is 2.15. The molecule has 0 saturated heterocycles. The summed E-state index contributed by atoms with van der Waals surface area (Å²) in [6.07, 6.45) is 1.13. The fraction of sp³-hybridized carbons (Fsp3) is 0. The van der Waals surface area contributed by atoms with Crippen LogP contribution < -0.4 is 5.32 Å². The average Bonchev–Trinajstić information content (AvgIpc) is 2.33. The van der Waals surface area contributed by atoms with E-state index in [4.69, 9.17) is 11.6 Å². The molecule has 1 heterocycles. The van der Waals surface area contributed by atoms with Crippen LogP contribution in [0.3, 0.4) is 0 Å². The first kappa shape index (κ1) is 12.6. The fourth-order valence-electron chi connectivity index (χ4n) is 1.26. The largest absolute Gasteiger partial charge is 0.335 e. The molecular formula is C11H5ClF4N2. The summed E-state index contributed by atoms with van der Waals surface area (Å²) in [6, 6.07) is 2.60. The summed E-state index contributed by atoms with van der Waals surface area (Å²) < 4.78 is 52.3. The summed E-state index contributed by atoms with van der Waals surface area (Å²) in [5.41, 5.74) is -0.428. The normalized spacial score (nSPS) is 10.5. The second-order valence-corrected chi connectivity index (χ2v) is 3.77. The zero-order valence-corrected chi connectivity index (χ0v) is 9.40. The quantitative estimate of drug-likeness (QED) is 0.661. The van der Waals surface area contributed by atoms with E-state index in [9.17, 15) is 17.6 Å². The highest BCUT2D eigenvalue weighted by Crippen LogP contribution is 2.24. The Labute approximate surface area is 104 Å². The Hall–Kier alpha value is -1.82. The number of nitrogens with one attached hydrogen (secondary N) is 1. The van der Waals surface area contributed by atoms with Gasteiger partial charge in [0.25, 0.3) is 0 Å². The van der Waals surface area contributed by atoms with Gasteiger partial charge >= 0.3 is 0 Å². The van der Waals surface area contributed by atoms with Crippen LogP contribution in [-0.2, 0) is 0 Å². The Kier molecular flexibility index (Phi) is 3.38. The van der Waals surface area contributed by atoms with Crippen LogP contribution in [0.15, 0.2) is 24.4 Å².